The summed E-state index contributed by atoms with van der Waals surface area (Å²) in [6.07, 6.45) is 1.55. The number of phenolic OH excluding ortho intramolecular Hbond substituents is 1. The summed E-state index contributed by atoms with van der Waals surface area (Å²) in [6, 6.07) is 5.24. The number of hydrogen-bond acceptors (Lipinski definition) is 9. The number of aromatic amines is 1. The number of carbonyl (C=O) groups excluding carboxylic acids is 6. The molecule has 3 rings (SSSR count). The first-order chi connectivity index (χ1) is 29.2. The van der Waals surface area contributed by atoms with E-state index in [4.69, 9.17) is 0 Å². The zero-order valence-corrected chi connectivity index (χ0v) is 36.2. The first kappa shape index (κ1) is 49.9. The Bertz CT molecular complexity index is 2050. The lowest BCUT2D eigenvalue weighted by molar-refractivity contribution is -0.142. The van der Waals surface area contributed by atoms with Gasteiger partial charge in [0.15, 0.2) is 0 Å². The van der Waals surface area contributed by atoms with E-state index in [1.807, 2.05) is 24.3 Å². The molecule has 1 heterocycles. The molecule has 0 unspecified atom stereocenters. The van der Waals surface area contributed by atoms with Crippen LogP contribution >= 0.6 is 0 Å². The second kappa shape index (κ2) is 23.5. The maximum Gasteiger partial charge on any atom is 0.326 e. The monoisotopic (exact) mass is 863 g/mol. The number of carboxylic acid groups (broad SMARTS) is 2. The van der Waals surface area contributed by atoms with Gasteiger partial charge in [-0.05, 0) is 53.5 Å². The van der Waals surface area contributed by atoms with Crippen molar-refractivity contribution in [1.29, 1.82) is 0 Å². The average molecular weight is 864 g/mol. The zero-order chi connectivity index (χ0) is 46.3. The van der Waals surface area contributed by atoms with Gasteiger partial charge < -0.3 is 52.2 Å². The highest BCUT2D eigenvalue weighted by molar-refractivity contribution is 5.98. The summed E-state index contributed by atoms with van der Waals surface area (Å²) in [7, 11) is 0. The lowest BCUT2D eigenvalue weighted by atomic mass is 9.94. The van der Waals surface area contributed by atoms with Gasteiger partial charge in [0.1, 0.15) is 42.0 Å². The number of hydrogen-bond donors (Lipinski definition) is 10. The number of H-pyrrole nitrogens is 1. The summed E-state index contributed by atoms with van der Waals surface area (Å²) < 4.78 is 0. The lowest BCUT2D eigenvalue weighted by Gasteiger charge is -2.30. The third kappa shape index (κ3) is 14.9. The number of phenols is 1. The maximum atomic E-state index is 14.0. The van der Waals surface area contributed by atoms with Crippen LogP contribution in [-0.2, 0) is 51.2 Å². The van der Waals surface area contributed by atoms with Crippen molar-refractivity contribution in [2.75, 3.05) is 0 Å². The van der Waals surface area contributed by atoms with Crippen LogP contribution in [0.15, 0.2) is 54.7 Å². The van der Waals surface area contributed by atoms with Crippen LogP contribution in [0.1, 0.15) is 85.3 Å². The SMILES string of the molecule is CC[C@H](C)[C@H](NC(=O)[C@H](CC(=O)O)NC(=O)[C@H](CC(C)C)NC(=O)[C@@H](Cc1ccc(O)cc1)NC(C)=O)C(=O)N[C@H](C(=O)N[C@@H](Cc1c[nH]c2ccccc12)C(=O)O)[C@@H](C)CC. The molecule has 0 aliphatic carbocycles. The number of amides is 6. The number of carboxylic acids is 2. The Labute approximate surface area is 360 Å². The molecule has 0 aliphatic rings. The first-order valence-electron chi connectivity index (χ1n) is 20.8. The number of para-hydroxylation sites is 1. The van der Waals surface area contributed by atoms with Gasteiger partial charge in [-0.15, -0.1) is 0 Å². The second-order valence-corrected chi connectivity index (χ2v) is 16.2. The highest BCUT2D eigenvalue weighted by Gasteiger charge is 2.37. The predicted octanol–water partition coefficient (Wildman–Crippen LogP) is 2.29. The fourth-order valence-corrected chi connectivity index (χ4v) is 6.84. The molecule has 3 aromatic rings. The van der Waals surface area contributed by atoms with Crippen molar-refractivity contribution in [3.05, 3.63) is 65.9 Å². The van der Waals surface area contributed by atoms with Gasteiger partial charge in [0.25, 0.3) is 0 Å². The molecular formula is C44H61N7O11. The highest BCUT2D eigenvalue weighted by Crippen LogP contribution is 2.20. The molecule has 338 valence electrons. The van der Waals surface area contributed by atoms with E-state index in [2.05, 4.69) is 36.9 Å². The molecule has 0 bridgehead atoms. The van der Waals surface area contributed by atoms with E-state index in [-0.39, 0.29) is 30.9 Å². The number of aromatic nitrogens is 1. The van der Waals surface area contributed by atoms with Crippen LogP contribution in [0.3, 0.4) is 0 Å². The number of aromatic hydroxyl groups is 1. The quantitative estimate of drug-likeness (QED) is 0.0624. The van der Waals surface area contributed by atoms with E-state index >= 15 is 0 Å². The number of benzene rings is 2. The average Bonchev–Trinajstić information content (AvgIpc) is 3.62. The van der Waals surface area contributed by atoms with E-state index in [1.165, 1.54) is 19.1 Å². The van der Waals surface area contributed by atoms with Gasteiger partial charge in [0, 0.05) is 36.9 Å². The number of nitrogens with one attached hydrogen (secondary N) is 7. The molecule has 0 saturated carbocycles. The molecule has 10 N–H and O–H groups in total. The molecule has 6 amide bonds. The molecule has 0 fully saturated rings. The Morgan fingerprint density at radius 2 is 1.13 bits per heavy atom. The largest absolute Gasteiger partial charge is 0.508 e. The highest BCUT2D eigenvalue weighted by atomic mass is 16.4. The fraction of sp³-hybridized carbons (Fsp3) is 0.500. The van der Waals surface area contributed by atoms with Crippen molar-refractivity contribution in [2.24, 2.45) is 17.8 Å². The summed E-state index contributed by atoms with van der Waals surface area (Å²) in [6.45, 7) is 11.7. The Morgan fingerprint density at radius 1 is 0.613 bits per heavy atom. The number of aliphatic carboxylic acids is 2. The minimum absolute atomic E-state index is 0.00116. The van der Waals surface area contributed by atoms with E-state index in [0.717, 1.165) is 10.9 Å². The van der Waals surface area contributed by atoms with Crippen molar-refractivity contribution in [2.45, 2.75) is 123 Å². The summed E-state index contributed by atoms with van der Waals surface area (Å²) in [4.78, 5) is 109. The lowest BCUT2D eigenvalue weighted by Crippen LogP contribution is -2.61. The second-order valence-electron chi connectivity index (χ2n) is 16.2. The van der Waals surface area contributed by atoms with Crippen molar-refractivity contribution in [3.63, 3.8) is 0 Å². The van der Waals surface area contributed by atoms with E-state index in [0.29, 0.717) is 24.0 Å². The smallest absolute Gasteiger partial charge is 0.326 e. The van der Waals surface area contributed by atoms with Crippen LogP contribution in [0.5, 0.6) is 5.75 Å². The van der Waals surface area contributed by atoms with E-state index in [1.54, 1.807) is 59.9 Å². The maximum absolute atomic E-state index is 14.0. The first-order valence-corrected chi connectivity index (χ1v) is 20.8. The molecule has 18 heteroatoms. The molecule has 2 aromatic carbocycles. The van der Waals surface area contributed by atoms with Gasteiger partial charge in [-0.1, -0.05) is 84.7 Å². The fourth-order valence-electron chi connectivity index (χ4n) is 6.84. The van der Waals surface area contributed by atoms with Crippen LogP contribution in [-0.4, -0.2) is 104 Å². The van der Waals surface area contributed by atoms with Gasteiger partial charge in [0.05, 0.1) is 6.42 Å². The molecular weight excluding hydrogens is 803 g/mol. The normalized spacial score (nSPS) is 15.1. The Hall–Kier alpha value is -6.46. The van der Waals surface area contributed by atoms with Gasteiger partial charge >= 0.3 is 11.9 Å². The van der Waals surface area contributed by atoms with E-state index < -0.39 is 102 Å². The van der Waals surface area contributed by atoms with Crippen molar-refractivity contribution < 1.29 is 53.7 Å². The summed E-state index contributed by atoms with van der Waals surface area (Å²) in [5, 5.41) is 45.7. The van der Waals surface area contributed by atoms with Gasteiger partial charge in [0.2, 0.25) is 35.4 Å². The minimum Gasteiger partial charge on any atom is -0.508 e. The molecule has 8 atom stereocenters. The van der Waals surface area contributed by atoms with Crippen LogP contribution < -0.4 is 31.9 Å². The third-order valence-electron chi connectivity index (χ3n) is 10.7. The molecule has 62 heavy (non-hydrogen) atoms. The zero-order valence-electron chi connectivity index (χ0n) is 36.2. The van der Waals surface area contributed by atoms with Gasteiger partial charge in [-0.3, -0.25) is 33.6 Å². The van der Waals surface area contributed by atoms with Crippen molar-refractivity contribution in [1.82, 2.24) is 36.9 Å². The number of carbonyl (C=O) groups is 8. The molecule has 18 nitrogen and oxygen atoms in total. The Morgan fingerprint density at radius 3 is 1.68 bits per heavy atom. The van der Waals surface area contributed by atoms with Crippen LogP contribution in [0.4, 0.5) is 0 Å². The van der Waals surface area contributed by atoms with Crippen molar-refractivity contribution in [3.8, 4) is 5.75 Å². The van der Waals surface area contributed by atoms with Crippen LogP contribution in [0.25, 0.3) is 10.9 Å². The summed E-state index contributed by atoms with van der Waals surface area (Å²) in [5.74, 6) is -8.68. The van der Waals surface area contributed by atoms with Gasteiger partial charge in [-0.2, -0.15) is 0 Å². The van der Waals surface area contributed by atoms with E-state index in [9.17, 15) is 53.7 Å². The number of fused-ring (bicyclic) bond motifs is 1. The topological polar surface area (TPSA) is 285 Å². The summed E-state index contributed by atoms with van der Waals surface area (Å²) in [5.41, 5.74) is 2.06. The molecule has 0 spiro atoms. The summed E-state index contributed by atoms with van der Waals surface area (Å²) >= 11 is 0. The molecule has 0 aliphatic heterocycles. The van der Waals surface area contributed by atoms with Crippen LogP contribution in [0, 0.1) is 17.8 Å². The molecule has 0 radical (unpaired) electrons. The third-order valence-corrected chi connectivity index (χ3v) is 10.7. The van der Waals surface area contributed by atoms with Crippen molar-refractivity contribution >= 4 is 58.3 Å². The van der Waals surface area contributed by atoms with Gasteiger partial charge in [-0.25, -0.2) is 4.79 Å². The Balaban J connectivity index is 1.81. The molecule has 0 saturated heterocycles. The Kier molecular flexibility index (Phi) is 18.9. The standard InChI is InChI=1S/C44H61N7O11/c1-8-24(5)37(42(59)49-35(44(61)62)20-28-22-45-31-13-11-10-12-30(28)31)51-43(60)38(25(6)9-2)50-41(58)34(21-36(54)55)48-39(56)32(18-23(3)4)47-40(57)33(46-26(7)52)19-27-14-16-29(53)17-15-27/h10-17,22-25,32-35,37-38,45,53H,8-9,18-21H2,1-7H3,(H,46,52)(H,47,57)(H,48,56)(H,49,59)(H,50,58)(H,51,60)(H,54,55)(H,61,62)/t24-,25-,32-,33+,34-,35-,37-,38-/m0/s1. The minimum atomic E-state index is -1.72. The molecule has 1 aromatic heterocycles. The predicted molar refractivity (Wildman–Crippen MR) is 229 cm³/mol. The van der Waals surface area contributed by atoms with Crippen LogP contribution in [0.2, 0.25) is 0 Å². The number of rotatable bonds is 24.